The molecule has 3 N–H and O–H groups in total. The highest BCUT2D eigenvalue weighted by Crippen LogP contribution is 2.09. The van der Waals surface area contributed by atoms with E-state index in [9.17, 15) is 0 Å². The summed E-state index contributed by atoms with van der Waals surface area (Å²) in [5.41, 5.74) is 9.82. The Hall–Kier alpha value is -1.70. The Morgan fingerprint density at radius 1 is 1.31 bits per heavy atom. The van der Waals surface area contributed by atoms with Crippen LogP contribution in [0.1, 0.15) is 18.1 Å². The molecular weight excluding hydrogens is 196 g/mol. The molecule has 1 aromatic rings. The molecule has 0 aromatic heterocycles. The van der Waals surface area contributed by atoms with Crippen LogP contribution in [-0.4, -0.2) is 6.04 Å². The minimum atomic E-state index is 0.0557. The number of nitrogens with two attached hydrogens (primary N) is 1. The van der Waals surface area contributed by atoms with Crippen molar-refractivity contribution in [2.24, 2.45) is 5.73 Å². The van der Waals surface area contributed by atoms with E-state index >= 15 is 0 Å². The molecule has 0 radical (unpaired) electrons. The number of allylic oxidation sites excluding steroid dienone is 1. The molecule has 0 aliphatic carbocycles. The van der Waals surface area contributed by atoms with Crippen molar-refractivity contribution in [2.75, 3.05) is 0 Å². The SMILES string of the molecule is C=C(C)NC(Cc1ccc(C)cc1)C(=C)N. The summed E-state index contributed by atoms with van der Waals surface area (Å²) in [7, 11) is 0. The third-order valence-electron chi connectivity index (χ3n) is 2.43. The summed E-state index contributed by atoms with van der Waals surface area (Å²) in [5.74, 6) is 0. The number of hydrogen-bond acceptors (Lipinski definition) is 2. The van der Waals surface area contributed by atoms with E-state index in [1.807, 2.05) is 6.92 Å². The Balaban J connectivity index is 2.71. The van der Waals surface area contributed by atoms with Gasteiger partial charge in [0.05, 0.1) is 6.04 Å². The Morgan fingerprint density at radius 2 is 1.88 bits per heavy atom. The minimum absolute atomic E-state index is 0.0557. The van der Waals surface area contributed by atoms with Gasteiger partial charge in [-0.05, 0) is 25.8 Å². The number of rotatable bonds is 5. The van der Waals surface area contributed by atoms with E-state index in [1.165, 1.54) is 11.1 Å². The monoisotopic (exact) mass is 216 g/mol. The zero-order valence-corrected chi connectivity index (χ0v) is 10.1. The van der Waals surface area contributed by atoms with Gasteiger partial charge in [-0.15, -0.1) is 0 Å². The zero-order chi connectivity index (χ0) is 12.1. The highest BCUT2D eigenvalue weighted by molar-refractivity contribution is 5.24. The molecule has 0 bridgehead atoms. The van der Waals surface area contributed by atoms with Gasteiger partial charge in [0.15, 0.2) is 0 Å². The van der Waals surface area contributed by atoms with E-state index in [0.29, 0.717) is 5.70 Å². The van der Waals surface area contributed by atoms with Gasteiger partial charge in [0.2, 0.25) is 0 Å². The summed E-state index contributed by atoms with van der Waals surface area (Å²) in [4.78, 5) is 0. The molecule has 0 aliphatic heterocycles. The Labute approximate surface area is 97.9 Å². The van der Waals surface area contributed by atoms with Crippen LogP contribution in [0.4, 0.5) is 0 Å². The van der Waals surface area contributed by atoms with Gasteiger partial charge < -0.3 is 11.1 Å². The van der Waals surface area contributed by atoms with Crippen molar-refractivity contribution >= 4 is 0 Å². The molecule has 2 heteroatoms. The molecule has 1 rings (SSSR count). The van der Waals surface area contributed by atoms with Crippen molar-refractivity contribution in [2.45, 2.75) is 26.3 Å². The molecular formula is C14H20N2. The zero-order valence-electron chi connectivity index (χ0n) is 10.1. The first kappa shape index (κ1) is 12.4. The van der Waals surface area contributed by atoms with Crippen LogP contribution in [0.25, 0.3) is 0 Å². The van der Waals surface area contributed by atoms with Crippen LogP contribution < -0.4 is 11.1 Å². The van der Waals surface area contributed by atoms with Crippen molar-refractivity contribution < 1.29 is 0 Å². The molecule has 1 unspecified atom stereocenters. The summed E-state index contributed by atoms with van der Waals surface area (Å²) < 4.78 is 0. The van der Waals surface area contributed by atoms with E-state index in [0.717, 1.165) is 12.1 Å². The minimum Gasteiger partial charge on any atom is -0.401 e. The van der Waals surface area contributed by atoms with Crippen molar-refractivity contribution in [3.05, 3.63) is 59.9 Å². The predicted molar refractivity (Wildman–Crippen MR) is 69.9 cm³/mol. The molecule has 0 saturated heterocycles. The summed E-state index contributed by atoms with van der Waals surface area (Å²) in [5, 5.41) is 3.22. The van der Waals surface area contributed by atoms with Gasteiger partial charge in [-0.1, -0.05) is 43.0 Å². The molecule has 0 fully saturated rings. The van der Waals surface area contributed by atoms with Crippen LogP contribution in [0.2, 0.25) is 0 Å². The van der Waals surface area contributed by atoms with Crippen molar-refractivity contribution in [3.8, 4) is 0 Å². The molecule has 0 spiro atoms. The van der Waals surface area contributed by atoms with Gasteiger partial charge in [-0.25, -0.2) is 0 Å². The maximum Gasteiger partial charge on any atom is 0.0688 e. The first-order chi connectivity index (χ1) is 7.49. The second-order valence-corrected chi connectivity index (χ2v) is 4.24. The van der Waals surface area contributed by atoms with Crippen LogP contribution in [0.3, 0.4) is 0 Å². The second kappa shape index (κ2) is 5.40. The van der Waals surface area contributed by atoms with E-state index in [2.05, 4.69) is 49.7 Å². The predicted octanol–water partition coefficient (Wildman–Crippen LogP) is 2.50. The van der Waals surface area contributed by atoms with Crippen LogP contribution >= 0.6 is 0 Å². The lowest BCUT2D eigenvalue weighted by Crippen LogP contribution is -2.34. The van der Waals surface area contributed by atoms with Gasteiger partial charge in [-0.2, -0.15) is 0 Å². The topological polar surface area (TPSA) is 38.0 Å². The molecule has 2 nitrogen and oxygen atoms in total. The number of nitrogens with one attached hydrogen (secondary N) is 1. The summed E-state index contributed by atoms with van der Waals surface area (Å²) in [6.07, 6.45) is 0.836. The molecule has 0 heterocycles. The van der Waals surface area contributed by atoms with Gasteiger partial charge in [-0.3, -0.25) is 0 Å². The lowest BCUT2D eigenvalue weighted by molar-refractivity contribution is 0.631. The van der Waals surface area contributed by atoms with E-state index in [1.54, 1.807) is 0 Å². The van der Waals surface area contributed by atoms with Gasteiger partial charge in [0, 0.05) is 11.4 Å². The third kappa shape index (κ3) is 3.81. The van der Waals surface area contributed by atoms with Gasteiger partial charge in [0.1, 0.15) is 0 Å². The highest BCUT2D eigenvalue weighted by atomic mass is 14.9. The van der Waals surface area contributed by atoms with Crippen LogP contribution in [-0.2, 0) is 6.42 Å². The van der Waals surface area contributed by atoms with E-state index in [4.69, 9.17) is 5.73 Å². The Morgan fingerprint density at radius 3 is 2.31 bits per heavy atom. The first-order valence-electron chi connectivity index (χ1n) is 5.41. The summed E-state index contributed by atoms with van der Waals surface area (Å²) in [6.45, 7) is 11.6. The molecule has 0 aliphatic rings. The standard InChI is InChI=1S/C14H20N2/c1-10(2)16-14(12(4)15)9-13-7-5-11(3)6-8-13/h5-8,14,16H,1,4,9,15H2,2-3H3. The largest absolute Gasteiger partial charge is 0.401 e. The van der Waals surface area contributed by atoms with Crippen molar-refractivity contribution in [3.63, 3.8) is 0 Å². The maximum absolute atomic E-state index is 5.76. The average molecular weight is 216 g/mol. The molecule has 0 amide bonds. The lowest BCUT2D eigenvalue weighted by Gasteiger charge is -2.19. The van der Waals surface area contributed by atoms with Gasteiger partial charge >= 0.3 is 0 Å². The Bertz CT molecular complexity index is 376. The molecule has 1 aromatic carbocycles. The first-order valence-corrected chi connectivity index (χ1v) is 5.41. The fraction of sp³-hybridized carbons (Fsp3) is 0.286. The van der Waals surface area contributed by atoms with Crippen LogP contribution in [0.5, 0.6) is 0 Å². The molecule has 16 heavy (non-hydrogen) atoms. The number of aryl methyl sites for hydroxylation is 1. The van der Waals surface area contributed by atoms with Crippen LogP contribution in [0, 0.1) is 6.92 Å². The third-order valence-corrected chi connectivity index (χ3v) is 2.43. The van der Waals surface area contributed by atoms with Crippen molar-refractivity contribution in [1.29, 1.82) is 0 Å². The maximum atomic E-state index is 5.76. The summed E-state index contributed by atoms with van der Waals surface area (Å²) in [6, 6.07) is 8.50. The fourth-order valence-corrected chi connectivity index (χ4v) is 1.53. The molecule has 0 saturated carbocycles. The second-order valence-electron chi connectivity index (χ2n) is 4.24. The highest BCUT2D eigenvalue weighted by Gasteiger charge is 2.10. The molecule has 86 valence electrons. The van der Waals surface area contributed by atoms with Gasteiger partial charge in [0.25, 0.3) is 0 Å². The quantitative estimate of drug-likeness (QED) is 0.793. The average Bonchev–Trinajstić information content (AvgIpc) is 2.19. The van der Waals surface area contributed by atoms with Crippen LogP contribution in [0.15, 0.2) is 48.8 Å². The Kier molecular flexibility index (Phi) is 4.18. The summed E-state index contributed by atoms with van der Waals surface area (Å²) >= 11 is 0. The normalized spacial score (nSPS) is 11.9. The van der Waals surface area contributed by atoms with E-state index < -0.39 is 0 Å². The smallest absolute Gasteiger partial charge is 0.0688 e. The van der Waals surface area contributed by atoms with Crippen molar-refractivity contribution in [1.82, 2.24) is 5.32 Å². The lowest BCUT2D eigenvalue weighted by atomic mass is 10.0. The number of hydrogen-bond donors (Lipinski definition) is 2. The number of benzene rings is 1. The fourth-order valence-electron chi connectivity index (χ4n) is 1.53. The molecule has 1 atom stereocenters. The van der Waals surface area contributed by atoms with E-state index in [-0.39, 0.29) is 6.04 Å².